The Labute approximate surface area is 119 Å². The SMILES string of the molecule is CC(NC(=O)c1ccc2cc[nH]c2c1)C1CCCCC1. The van der Waals surface area contributed by atoms with Crippen LogP contribution in [0.5, 0.6) is 0 Å². The monoisotopic (exact) mass is 270 g/mol. The number of hydrogen-bond acceptors (Lipinski definition) is 1. The number of benzene rings is 1. The second kappa shape index (κ2) is 5.70. The fraction of sp³-hybridized carbons (Fsp3) is 0.471. The Bertz CT molecular complexity index is 596. The van der Waals surface area contributed by atoms with Gasteiger partial charge in [0, 0.05) is 23.3 Å². The Morgan fingerprint density at radius 2 is 2.05 bits per heavy atom. The maximum Gasteiger partial charge on any atom is 0.251 e. The predicted molar refractivity (Wildman–Crippen MR) is 81.8 cm³/mol. The molecule has 2 aromatic rings. The van der Waals surface area contributed by atoms with Crippen LogP contribution >= 0.6 is 0 Å². The van der Waals surface area contributed by atoms with Crippen LogP contribution in [0.3, 0.4) is 0 Å². The third-order valence-electron chi connectivity index (χ3n) is 4.53. The second-order valence-electron chi connectivity index (χ2n) is 5.94. The fourth-order valence-corrected chi connectivity index (χ4v) is 3.23. The molecule has 0 radical (unpaired) electrons. The van der Waals surface area contributed by atoms with Gasteiger partial charge in [-0.3, -0.25) is 4.79 Å². The number of rotatable bonds is 3. The van der Waals surface area contributed by atoms with Gasteiger partial charge in [-0.1, -0.05) is 25.3 Å². The standard InChI is InChI=1S/C17H22N2O/c1-12(13-5-3-2-4-6-13)19-17(20)15-8-7-14-9-10-18-16(14)11-15/h7-13,18H,2-6H2,1H3,(H,19,20). The van der Waals surface area contributed by atoms with Gasteiger partial charge in [0.2, 0.25) is 0 Å². The van der Waals surface area contributed by atoms with Crippen molar-refractivity contribution in [1.29, 1.82) is 0 Å². The van der Waals surface area contributed by atoms with Crippen LogP contribution in [0.4, 0.5) is 0 Å². The van der Waals surface area contributed by atoms with Crippen LogP contribution in [0, 0.1) is 5.92 Å². The summed E-state index contributed by atoms with van der Waals surface area (Å²) < 4.78 is 0. The van der Waals surface area contributed by atoms with Crippen LogP contribution in [0.1, 0.15) is 49.4 Å². The molecule has 1 aliphatic carbocycles. The predicted octanol–water partition coefficient (Wildman–Crippen LogP) is 3.87. The number of aromatic amines is 1. The smallest absolute Gasteiger partial charge is 0.251 e. The van der Waals surface area contributed by atoms with Crippen molar-refractivity contribution in [3.63, 3.8) is 0 Å². The first kappa shape index (κ1) is 13.2. The molecule has 3 heteroatoms. The van der Waals surface area contributed by atoms with Crippen molar-refractivity contribution < 1.29 is 4.79 Å². The average molecular weight is 270 g/mol. The van der Waals surface area contributed by atoms with Gasteiger partial charge in [-0.15, -0.1) is 0 Å². The van der Waals surface area contributed by atoms with E-state index < -0.39 is 0 Å². The lowest BCUT2D eigenvalue weighted by Crippen LogP contribution is -2.38. The summed E-state index contributed by atoms with van der Waals surface area (Å²) in [6.07, 6.45) is 8.35. The highest BCUT2D eigenvalue weighted by Crippen LogP contribution is 2.26. The molecule has 20 heavy (non-hydrogen) atoms. The van der Waals surface area contributed by atoms with Gasteiger partial charge in [0.15, 0.2) is 0 Å². The first-order chi connectivity index (χ1) is 9.74. The van der Waals surface area contributed by atoms with E-state index in [-0.39, 0.29) is 11.9 Å². The van der Waals surface area contributed by atoms with Crippen LogP contribution in [0.25, 0.3) is 10.9 Å². The molecule has 1 amide bonds. The van der Waals surface area contributed by atoms with Crippen LogP contribution in [0.2, 0.25) is 0 Å². The minimum absolute atomic E-state index is 0.0413. The maximum absolute atomic E-state index is 12.3. The number of hydrogen-bond donors (Lipinski definition) is 2. The number of H-pyrrole nitrogens is 1. The van der Waals surface area contributed by atoms with E-state index in [0.717, 1.165) is 16.5 Å². The highest BCUT2D eigenvalue weighted by atomic mass is 16.1. The van der Waals surface area contributed by atoms with Crippen molar-refractivity contribution in [2.24, 2.45) is 5.92 Å². The maximum atomic E-state index is 12.3. The molecule has 1 aromatic carbocycles. The number of aromatic nitrogens is 1. The molecule has 2 N–H and O–H groups in total. The van der Waals surface area contributed by atoms with Crippen molar-refractivity contribution >= 4 is 16.8 Å². The minimum atomic E-state index is 0.0413. The molecule has 3 nitrogen and oxygen atoms in total. The molecule has 106 valence electrons. The Kier molecular flexibility index (Phi) is 3.77. The molecule has 0 aliphatic heterocycles. The van der Waals surface area contributed by atoms with E-state index in [0.29, 0.717) is 5.92 Å². The highest BCUT2D eigenvalue weighted by molar-refractivity contribution is 5.98. The molecule has 0 spiro atoms. The van der Waals surface area contributed by atoms with Crippen molar-refractivity contribution in [2.75, 3.05) is 0 Å². The van der Waals surface area contributed by atoms with E-state index in [2.05, 4.69) is 17.2 Å². The largest absolute Gasteiger partial charge is 0.361 e. The van der Waals surface area contributed by atoms with E-state index in [9.17, 15) is 4.79 Å². The Balaban J connectivity index is 1.68. The lowest BCUT2D eigenvalue weighted by molar-refractivity contribution is 0.0919. The summed E-state index contributed by atoms with van der Waals surface area (Å²) in [5.74, 6) is 0.682. The quantitative estimate of drug-likeness (QED) is 0.873. The van der Waals surface area contributed by atoms with Gasteiger partial charge >= 0.3 is 0 Å². The summed E-state index contributed by atoms with van der Waals surface area (Å²) in [7, 11) is 0. The summed E-state index contributed by atoms with van der Waals surface area (Å²) in [4.78, 5) is 15.5. The van der Waals surface area contributed by atoms with Gasteiger partial charge in [0.1, 0.15) is 0 Å². The van der Waals surface area contributed by atoms with E-state index >= 15 is 0 Å². The molecule has 1 heterocycles. The van der Waals surface area contributed by atoms with E-state index in [1.807, 2.05) is 30.5 Å². The zero-order chi connectivity index (χ0) is 13.9. The molecule has 3 rings (SSSR count). The molecular formula is C17H22N2O. The number of amides is 1. The molecule has 1 saturated carbocycles. The second-order valence-corrected chi connectivity index (χ2v) is 5.94. The van der Waals surface area contributed by atoms with Gasteiger partial charge in [-0.2, -0.15) is 0 Å². The van der Waals surface area contributed by atoms with Gasteiger partial charge in [-0.25, -0.2) is 0 Å². The number of nitrogens with one attached hydrogen (secondary N) is 2. The minimum Gasteiger partial charge on any atom is -0.361 e. The van der Waals surface area contributed by atoms with Gasteiger partial charge < -0.3 is 10.3 Å². The Hall–Kier alpha value is -1.77. The molecule has 0 bridgehead atoms. The molecule has 1 aliphatic rings. The number of carbonyl (C=O) groups excluding carboxylic acids is 1. The lowest BCUT2D eigenvalue weighted by Gasteiger charge is -2.28. The molecule has 1 fully saturated rings. The van der Waals surface area contributed by atoms with Crippen LogP contribution < -0.4 is 5.32 Å². The third kappa shape index (κ3) is 2.72. The molecule has 1 aromatic heterocycles. The summed E-state index contributed by atoms with van der Waals surface area (Å²) in [5, 5.41) is 4.31. The van der Waals surface area contributed by atoms with E-state index in [1.165, 1.54) is 32.1 Å². The van der Waals surface area contributed by atoms with Crippen LogP contribution in [-0.4, -0.2) is 16.9 Å². The normalized spacial score (nSPS) is 18.1. The number of fused-ring (bicyclic) bond motifs is 1. The molecular weight excluding hydrogens is 248 g/mol. The molecule has 1 atom stereocenters. The fourth-order valence-electron chi connectivity index (χ4n) is 3.23. The van der Waals surface area contributed by atoms with Crippen molar-refractivity contribution in [3.05, 3.63) is 36.0 Å². The van der Waals surface area contributed by atoms with Gasteiger partial charge in [-0.05, 0) is 49.3 Å². The van der Waals surface area contributed by atoms with E-state index in [1.54, 1.807) is 0 Å². The third-order valence-corrected chi connectivity index (χ3v) is 4.53. The zero-order valence-corrected chi connectivity index (χ0v) is 12.0. The van der Waals surface area contributed by atoms with Crippen LogP contribution in [-0.2, 0) is 0 Å². The first-order valence-corrected chi connectivity index (χ1v) is 7.62. The highest BCUT2D eigenvalue weighted by Gasteiger charge is 2.21. The van der Waals surface area contributed by atoms with Gasteiger partial charge in [0.25, 0.3) is 5.91 Å². The van der Waals surface area contributed by atoms with E-state index in [4.69, 9.17) is 0 Å². The summed E-state index contributed by atoms with van der Waals surface area (Å²) in [6.45, 7) is 2.14. The summed E-state index contributed by atoms with van der Waals surface area (Å²) >= 11 is 0. The van der Waals surface area contributed by atoms with Crippen molar-refractivity contribution in [2.45, 2.75) is 45.1 Å². The first-order valence-electron chi connectivity index (χ1n) is 7.62. The molecule has 0 saturated heterocycles. The van der Waals surface area contributed by atoms with Crippen LogP contribution in [0.15, 0.2) is 30.5 Å². The Morgan fingerprint density at radius 1 is 1.25 bits per heavy atom. The van der Waals surface area contributed by atoms with Crippen molar-refractivity contribution in [1.82, 2.24) is 10.3 Å². The summed E-state index contributed by atoms with van der Waals surface area (Å²) in [6, 6.07) is 8.10. The number of carbonyl (C=O) groups is 1. The van der Waals surface area contributed by atoms with Gasteiger partial charge in [0.05, 0.1) is 0 Å². The average Bonchev–Trinajstić information content (AvgIpc) is 2.95. The Morgan fingerprint density at radius 3 is 2.85 bits per heavy atom. The zero-order valence-electron chi connectivity index (χ0n) is 12.0. The summed E-state index contributed by atoms with van der Waals surface area (Å²) in [5.41, 5.74) is 1.76. The molecule has 1 unspecified atom stereocenters. The lowest BCUT2D eigenvalue weighted by atomic mass is 9.84. The van der Waals surface area contributed by atoms with Crippen molar-refractivity contribution in [3.8, 4) is 0 Å². The topological polar surface area (TPSA) is 44.9 Å².